The Bertz CT molecular complexity index is 561. The fourth-order valence-electron chi connectivity index (χ4n) is 1.10. The molecule has 0 saturated heterocycles. The third-order valence-electron chi connectivity index (χ3n) is 1.90. The van der Waals surface area contributed by atoms with Crippen LogP contribution < -0.4 is 4.18 Å². The number of hydrogen-bond donors (Lipinski definition) is 1. The molecule has 0 atom stereocenters. The summed E-state index contributed by atoms with van der Waals surface area (Å²) in [5.41, 5.74) is 0.973. The molecule has 1 heterocycles. The highest BCUT2D eigenvalue weighted by Gasteiger charge is 2.17. The van der Waals surface area contributed by atoms with Crippen LogP contribution in [-0.2, 0) is 10.1 Å². The van der Waals surface area contributed by atoms with Crippen LogP contribution in [0.5, 0.6) is 5.88 Å². The first-order valence-electron chi connectivity index (χ1n) is 4.45. The van der Waals surface area contributed by atoms with Crippen molar-refractivity contribution in [3.8, 4) is 5.88 Å². The average molecular weight is 239 g/mol. The maximum Gasteiger partial charge on any atom is 0.340 e. The van der Waals surface area contributed by atoms with E-state index in [4.69, 9.17) is 4.18 Å². The molecule has 7 heteroatoms. The molecule has 2 aromatic rings. The van der Waals surface area contributed by atoms with Gasteiger partial charge in [-0.3, -0.25) is 0 Å². The van der Waals surface area contributed by atoms with Gasteiger partial charge in [-0.2, -0.15) is 18.7 Å². The molecule has 0 aliphatic heterocycles. The number of benzene rings is 1. The van der Waals surface area contributed by atoms with Crippen molar-refractivity contribution in [2.24, 2.45) is 0 Å². The van der Waals surface area contributed by atoms with Crippen LogP contribution in [0.4, 0.5) is 0 Å². The van der Waals surface area contributed by atoms with E-state index in [0.29, 0.717) is 0 Å². The fraction of sp³-hybridized carbons (Fsp3) is 0.111. The summed E-state index contributed by atoms with van der Waals surface area (Å²) in [6, 6.07) is 6.34. The van der Waals surface area contributed by atoms with E-state index in [1.807, 2.05) is 6.92 Å². The van der Waals surface area contributed by atoms with Crippen LogP contribution in [0.3, 0.4) is 0 Å². The Morgan fingerprint density at radius 3 is 2.50 bits per heavy atom. The number of aromatic amines is 1. The summed E-state index contributed by atoms with van der Waals surface area (Å²) >= 11 is 0. The molecule has 1 N–H and O–H groups in total. The van der Waals surface area contributed by atoms with Gasteiger partial charge in [0.2, 0.25) is 0 Å². The summed E-state index contributed by atoms with van der Waals surface area (Å²) in [5.74, 6) is -0.0828. The lowest BCUT2D eigenvalue weighted by molar-refractivity contribution is 0.475. The second-order valence-corrected chi connectivity index (χ2v) is 4.71. The van der Waals surface area contributed by atoms with Crippen molar-refractivity contribution in [2.75, 3.05) is 0 Å². The molecule has 1 aromatic carbocycles. The molecule has 6 nitrogen and oxygen atoms in total. The summed E-state index contributed by atoms with van der Waals surface area (Å²) in [5, 5.41) is 9.22. The molecule has 16 heavy (non-hydrogen) atoms. The average Bonchev–Trinajstić information content (AvgIpc) is 2.70. The van der Waals surface area contributed by atoms with E-state index >= 15 is 0 Å². The second-order valence-electron chi connectivity index (χ2n) is 3.16. The molecular weight excluding hydrogens is 230 g/mol. The molecule has 2 rings (SSSR count). The van der Waals surface area contributed by atoms with Crippen molar-refractivity contribution in [1.29, 1.82) is 0 Å². The van der Waals surface area contributed by atoms with E-state index in [2.05, 4.69) is 15.4 Å². The van der Waals surface area contributed by atoms with E-state index < -0.39 is 10.1 Å². The number of aryl methyl sites for hydroxylation is 1. The van der Waals surface area contributed by atoms with Gasteiger partial charge in [-0.15, -0.1) is 5.10 Å². The third-order valence-corrected chi connectivity index (χ3v) is 3.14. The van der Waals surface area contributed by atoms with E-state index in [1.54, 1.807) is 12.1 Å². The minimum atomic E-state index is -3.82. The molecule has 0 bridgehead atoms. The van der Waals surface area contributed by atoms with Crippen molar-refractivity contribution < 1.29 is 12.6 Å². The minimum Gasteiger partial charge on any atom is -0.355 e. The summed E-state index contributed by atoms with van der Waals surface area (Å²) in [6.45, 7) is 1.87. The Hall–Kier alpha value is -1.89. The molecule has 0 radical (unpaired) electrons. The van der Waals surface area contributed by atoms with Crippen LogP contribution in [0, 0.1) is 6.92 Å². The van der Waals surface area contributed by atoms with Crippen LogP contribution in [0.2, 0.25) is 0 Å². The Labute approximate surface area is 92.4 Å². The molecule has 1 aromatic heterocycles. The van der Waals surface area contributed by atoms with Crippen molar-refractivity contribution in [1.82, 2.24) is 15.4 Å². The fourth-order valence-corrected chi connectivity index (χ4v) is 1.97. The summed E-state index contributed by atoms with van der Waals surface area (Å²) in [7, 11) is -3.82. The molecule has 0 spiro atoms. The van der Waals surface area contributed by atoms with Gasteiger partial charge in [0.1, 0.15) is 11.1 Å². The molecule has 0 saturated carbocycles. The Balaban J connectivity index is 2.29. The van der Waals surface area contributed by atoms with Gasteiger partial charge in [-0.25, -0.2) is 0 Å². The van der Waals surface area contributed by atoms with E-state index in [1.165, 1.54) is 18.3 Å². The Kier molecular flexibility index (Phi) is 2.61. The zero-order valence-corrected chi connectivity index (χ0v) is 9.23. The second kappa shape index (κ2) is 3.93. The molecule has 0 aliphatic rings. The predicted octanol–water partition coefficient (Wildman–Crippen LogP) is 0.881. The highest BCUT2D eigenvalue weighted by molar-refractivity contribution is 7.87. The van der Waals surface area contributed by atoms with Gasteiger partial charge in [0.05, 0.1) is 0 Å². The minimum absolute atomic E-state index is 0.0828. The van der Waals surface area contributed by atoms with Gasteiger partial charge in [-0.05, 0) is 19.1 Å². The third kappa shape index (κ3) is 2.19. The zero-order chi connectivity index (χ0) is 11.6. The van der Waals surface area contributed by atoms with Crippen LogP contribution in [0.1, 0.15) is 5.56 Å². The molecule has 84 valence electrons. The maximum atomic E-state index is 11.7. The lowest BCUT2D eigenvalue weighted by atomic mass is 10.2. The van der Waals surface area contributed by atoms with Crippen LogP contribution >= 0.6 is 0 Å². The molecule has 0 unspecified atom stereocenters. The van der Waals surface area contributed by atoms with Gasteiger partial charge < -0.3 is 4.18 Å². The highest BCUT2D eigenvalue weighted by atomic mass is 32.2. The smallest absolute Gasteiger partial charge is 0.340 e. The Morgan fingerprint density at radius 1 is 1.25 bits per heavy atom. The zero-order valence-electron chi connectivity index (χ0n) is 8.41. The highest BCUT2D eigenvalue weighted by Crippen LogP contribution is 2.15. The number of rotatable bonds is 3. The summed E-state index contributed by atoms with van der Waals surface area (Å²) < 4.78 is 28.1. The lowest BCUT2D eigenvalue weighted by Crippen LogP contribution is -2.09. The van der Waals surface area contributed by atoms with Gasteiger partial charge in [0, 0.05) is 0 Å². The molecule has 0 aliphatic carbocycles. The van der Waals surface area contributed by atoms with E-state index in [9.17, 15) is 8.42 Å². The van der Waals surface area contributed by atoms with Gasteiger partial charge >= 0.3 is 10.1 Å². The van der Waals surface area contributed by atoms with Gasteiger partial charge in [0.25, 0.3) is 5.88 Å². The van der Waals surface area contributed by atoms with Gasteiger partial charge in [0.15, 0.2) is 0 Å². The van der Waals surface area contributed by atoms with Crippen LogP contribution in [0.25, 0.3) is 0 Å². The molecular formula is C9H9N3O3S. The van der Waals surface area contributed by atoms with Crippen molar-refractivity contribution in [3.05, 3.63) is 36.0 Å². The molecule has 0 fully saturated rings. The first-order valence-corrected chi connectivity index (χ1v) is 5.86. The number of nitrogens with zero attached hydrogens (tertiary/aromatic N) is 2. The number of H-pyrrole nitrogens is 1. The summed E-state index contributed by atoms with van der Waals surface area (Å²) in [6.07, 6.45) is 1.19. The van der Waals surface area contributed by atoms with E-state index in [0.717, 1.165) is 5.56 Å². The normalized spacial score (nSPS) is 11.3. The van der Waals surface area contributed by atoms with E-state index in [-0.39, 0.29) is 10.8 Å². The Morgan fingerprint density at radius 2 is 1.94 bits per heavy atom. The quantitative estimate of drug-likeness (QED) is 0.804. The monoisotopic (exact) mass is 239 g/mol. The number of nitrogens with one attached hydrogen (secondary N) is 1. The largest absolute Gasteiger partial charge is 0.355 e. The topological polar surface area (TPSA) is 84.9 Å². The first-order chi connectivity index (χ1) is 7.58. The maximum absolute atomic E-state index is 11.7. The molecule has 0 amide bonds. The van der Waals surface area contributed by atoms with Crippen molar-refractivity contribution >= 4 is 10.1 Å². The lowest BCUT2D eigenvalue weighted by Gasteiger charge is -2.03. The number of aromatic nitrogens is 3. The van der Waals surface area contributed by atoms with Crippen molar-refractivity contribution in [2.45, 2.75) is 11.8 Å². The van der Waals surface area contributed by atoms with Crippen LogP contribution in [0.15, 0.2) is 35.4 Å². The SMILES string of the molecule is Cc1ccc(S(=O)(=O)Oc2cn[nH]n2)cc1. The van der Waals surface area contributed by atoms with Gasteiger partial charge in [-0.1, -0.05) is 17.7 Å². The predicted molar refractivity (Wildman–Crippen MR) is 55.4 cm³/mol. The van der Waals surface area contributed by atoms with Crippen molar-refractivity contribution in [3.63, 3.8) is 0 Å². The van der Waals surface area contributed by atoms with Crippen LogP contribution in [-0.4, -0.2) is 23.8 Å². The first kappa shape index (κ1) is 10.6. The number of hydrogen-bond acceptors (Lipinski definition) is 5. The standard InChI is InChI=1S/C9H9N3O3S/c1-7-2-4-8(5-3-7)16(13,14)15-9-6-10-12-11-9/h2-6H,1H3,(H,10,11,12). The summed E-state index contributed by atoms with van der Waals surface area (Å²) in [4.78, 5) is 0.0844.